The predicted molar refractivity (Wildman–Crippen MR) is 52.5 cm³/mol. The summed E-state index contributed by atoms with van der Waals surface area (Å²) in [4.78, 5) is 3.88. The maximum atomic E-state index is 8.94. The van der Waals surface area contributed by atoms with Crippen LogP contribution in [-0.4, -0.2) is 21.6 Å². The lowest BCUT2D eigenvalue weighted by Crippen LogP contribution is -2.33. The summed E-state index contributed by atoms with van der Waals surface area (Å²) in [7, 11) is 0. The van der Waals surface area contributed by atoms with E-state index in [0.717, 1.165) is 12.8 Å². The van der Waals surface area contributed by atoms with Gasteiger partial charge in [-0.3, -0.25) is 5.32 Å². The Kier molecular flexibility index (Phi) is 2.66. The van der Waals surface area contributed by atoms with E-state index in [-0.39, 0.29) is 6.04 Å². The van der Waals surface area contributed by atoms with Crippen LogP contribution in [0.1, 0.15) is 18.7 Å². The van der Waals surface area contributed by atoms with Crippen LogP contribution in [-0.2, 0) is 6.54 Å². The molecule has 0 amide bonds. The quantitative estimate of drug-likeness (QED) is 0.764. The first kappa shape index (κ1) is 9.70. The number of hydrogen-bond donors (Lipinski definition) is 1. The molecule has 0 saturated heterocycles. The number of imidazole rings is 1. The number of nitriles is 2. The molecule has 0 aliphatic heterocycles. The van der Waals surface area contributed by atoms with Crippen LogP contribution in [0, 0.1) is 22.7 Å². The Labute approximate surface area is 88.0 Å². The topological polar surface area (TPSA) is 77.4 Å². The van der Waals surface area contributed by atoms with Gasteiger partial charge in [0.05, 0.1) is 12.6 Å². The Bertz CT molecular complexity index is 418. The van der Waals surface area contributed by atoms with Gasteiger partial charge in [0.1, 0.15) is 12.1 Å². The first-order chi connectivity index (χ1) is 7.33. The molecule has 1 unspecified atom stereocenters. The van der Waals surface area contributed by atoms with Gasteiger partial charge in [0.2, 0.25) is 5.82 Å². The standard InChI is InChI=1S/C10H11N5/c11-5-9(14-8-1-2-8)7-15-4-3-13-10(15)6-12/h3-4,8-9,14H,1-2,7H2. The summed E-state index contributed by atoms with van der Waals surface area (Å²) in [6.07, 6.45) is 5.59. The van der Waals surface area contributed by atoms with Gasteiger partial charge in [-0.05, 0) is 12.8 Å². The van der Waals surface area contributed by atoms with Gasteiger partial charge in [0.25, 0.3) is 0 Å². The van der Waals surface area contributed by atoms with E-state index < -0.39 is 0 Å². The van der Waals surface area contributed by atoms with Gasteiger partial charge in [0.15, 0.2) is 0 Å². The molecule has 0 radical (unpaired) electrons. The molecule has 2 rings (SSSR count). The number of hydrogen-bond acceptors (Lipinski definition) is 4. The summed E-state index contributed by atoms with van der Waals surface area (Å²) >= 11 is 0. The zero-order valence-electron chi connectivity index (χ0n) is 8.22. The van der Waals surface area contributed by atoms with Crippen LogP contribution in [0.25, 0.3) is 0 Å². The Hall–Kier alpha value is -1.85. The molecule has 5 heteroatoms. The van der Waals surface area contributed by atoms with Crippen molar-refractivity contribution in [1.82, 2.24) is 14.9 Å². The normalized spacial score (nSPS) is 16.7. The van der Waals surface area contributed by atoms with Gasteiger partial charge in [-0.1, -0.05) is 0 Å². The number of rotatable bonds is 4. The lowest BCUT2D eigenvalue weighted by molar-refractivity contribution is 0.516. The molecule has 1 atom stereocenters. The molecule has 1 aromatic rings. The number of aromatic nitrogens is 2. The average molecular weight is 201 g/mol. The molecule has 0 aromatic carbocycles. The van der Waals surface area contributed by atoms with Crippen molar-refractivity contribution in [3.8, 4) is 12.1 Å². The summed E-state index contributed by atoms with van der Waals surface area (Å²) in [6.45, 7) is 0.482. The summed E-state index contributed by atoms with van der Waals surface area (Å²) in [5.74, 6) is 0.354. The zero-order chi connectivity index (χ0) is 10.7. The van der Waals surface area contributed by atoms with E-state index in [9.17, 15) is 0 Å². The van der Waals surface area contributed by atoms with Crippen LogP contribution >= 0.6 is 0 Å². The van der Waals surface area contributed by atoms with Crippen molar-refractivity contribution in [1.29, 1.82) is 10.5 Å². The second-order valence-electron chi connectivity index (χ2n) is 3.64. The third-order valence-corrected chi connectivity index (χ3v) is 2.36. The SMILES string of the molecule is N#Cc1nccn1CC(C#N)NC1CC1. The van der Waals surface area contributed by atoms with Crippen molar-refractivity contribution in [3.05, 3.63) is 18.2 Å². The minimum Gasteiger partial charge on any atom is -0.320 e. The molecular formula is C10H11N5. The lowest BCUT2D eigenvalue weighted by Gasteiger charge is -2.11. The summed E-state index contributed by atoms with van der Waals surface area (Å²) in [5, 5.41) is 20.9. The maximum absolute atomic E-state index is 8.94. The molecule has 1 N–H and O–H groups in total. The van der Waals surface area contributed by atoms with E-state index in [4.69, 9.17) is 10.5 Å². The van der Waals surface area contributed by atoms with Gasteiger partial charge in [-0.15, -0.1) is 0 Å². The molecule has 5 nitrogen and oxygen atoms in total. The number of nitrogens with one attached hydrogen (secondary N) is 1. The van der Waals surface area contributed by atoms with Crippen molar-refractivity contribution in [2.75, 3.05) is 0 Å². The van der Waals surface area contributed by atoms with Gasteiger partial charge in [0, 0.05) is 18.4 Å². The van der Waals surface area contributed by atoms with Crippen molar-refractivity contribution in [3.63, 3.8) is 0 Å². The Morgan fingerprint density at radius 2 is 2.40 bits per heavy atom. The Balaban J connectivity index is 2.00. The predicted octanol–water partition coefficient (Wildman–Crippen LogP) is 0.399. The zero-order valence-corrected chi connectivity index (χ0v) is 8.22. The molecule has 1 aromatic heterocycles. The molecular weight excluding hydrogens is 190 g/mol. The Morgan fingerprint density at radius 3 is 3.00 bits per heavy atom. The maximum Gasteiger partial charge on any atom is 0.212 e. The Morgan fingerprint density at radius 1 is 1.60 bits per heavy atom. The number of nitrogens with zero attached hydrogens (tertiary/aromatic N) is 4. The van der Waals surface area contributed by atoms with Gasteiger partial charge in [-0.2, -0.15) is 10.5 Å². The fourth-order valence-corrected chi connectivity index (χ4v) is 1.43. The molecule has 76 valence electrons. The van der Waals surface area contributed by atoms with Crippen molar-refractivity contribution in [2.24, 2.45) is 0 Å². The highest BCUT2D eigenvalue weighted by Crippen LogP contribution is 2.19. The van der Waals surface area contributed by atoms with Gasteiger partial charge >= 0.3 is 0 Å². The second kappa shape index (κ2) is 4.12. The van der Waals surface area contributed by atoms with Crippen molar-refractivity contribution in [2.45, 2.75) is 31.5 Å². The molecule has 0 spiro atoms. The highest BCUT2D eigenvalue weighted by Gasteiger charge is 2.24. The van der Waals surface area contributed by atoms with Crippen molar-refractivity contribution >= 4 is 0 Å². The lowest BCUT2D eigenvalue weighted by atomic mass is 10.3. The summed E-state index contributed by atoms with van der Waals surface area (Å²) in [5.41, 5.74) is 0. The third kappa shape index (κ3) is 2.34. The largest absolute Gasteiger partial charge is 0.320 e. The molecule has 1 aliphatic rings. The van der Waals surface area contributed by atoms with E-state index in [1.165, 1.54) is 0 Å². The van der Waals surface area contributed by atoms with E-state index >= 15 is 0 Å². The molecule has 1 aliphatic carbocycles. The molecule has 1 saturated carbocycles. The summed E-state index contributed by atoms with van der Waals surface area (Å²) < 4.78 is 1.70. The fourth-order valence-electron chi connectivity index (χ4n) is 1.43. The van der Waals surface area contributed by atoms with Crippen LogP contribution in [0.5, 0.6) is 0 Å². The highest BCUT2D eigenvalue weighted by molar-refractivity contribution is 5.12. The van der Waals surface area contributed by atoms with Crippen LogP contribution < -0.4 is 5.32 Å². The van der Waals surface area contributed by atoms with E-state index in [0.29, 0.717) is 18.4 Å². The second-order valence-corrected chi connectivity index (χ2v) is 3.64. The van der Waals surface area contributed by atoms with Gasteiger partial charge in [-0.25, -0.2) is 4.98 Å². The highest BCUT2D eigenvalue weighted by atomic mass is 15.1. The van der Waals surface area contributed by atoms with Crippen LogP contribution in [0.3, 0.4) is 0 Å². The first-order valence-electron chi connectivity index (χ1n) is 4.90. The van der Waals surface area contributed by atoms with Crippen LogP contribution in [0.15, 0.2) is 12.4 Å². The monoisotopic (exact) mass is 201 g/mol. The van der Waals surface area contributed by atoms with E-state index in [2.05, 4.69) is 16.4 Å². The summed E-state index contributed by atoms with van der Waals surface area (Å²) in [6, 6.07) is 4.43. The molecule has 1 heterocycles. The molecule has 0 bridgehead atoms. The molecule has 15 heavy (non-hydrogen) atoms. The molecule has 1 fully saturated rings. The average Bonchev–Trinajstić information content (AvgIpc) is 2.95. The smallest absolute Gasteiger partial charge is 0.212 e. The fraction of sp³-hybridized carbons (Fsp3) is 0.500. The van der Waals surface area contributed by atoms with Crippen LogP contribution in [0.4, 0.5) is 0 Å². The van der Waals surface area contributed by atoms with Gasteiger partial charge < -0.3 is 4.57 Å². The minimum atomic E-state index is -0.237. The minimum absolute atomic E-state index is 0.237. The van der Waals surface area contributed by atoms with Crippen molar-refractivity contribution < 1.29 is 0 Å². The first-order valence-corrected chi connectivity index (χ1v) is 4.90. The third-order valence-electron chi connectivity index (χ3n) is 2.36. The van der Waals surface area contributed by atoms with E-state index in [1.807, 2.05) is 6.07 Å². The van der Waals surface area contributed by atoms with E-state index in [1.54, 1.807) is 17.0 Å². The van der Waals surface area contributed by atoms with Crippen LogP contribution in [0.2, 0.25) is 0 Å².